The molecule has 4 atom stereocenters. The molecular weight excluding hydrogens is 234 g/mol. The van der Waals surface area contributed by atoms with Crippen molar-refractivity contribution in [3.8, 4) is 0 Å². The molecule has 1 aliphatic carbocycles. The van der Waals surface area contributed by atoms with Crippen molar-refractivity contribution >= 4 is 0 Å². The van der Waals surface area contributed by atoms with Crippen LogP contribution in [0.1, 0.15) is 73.6 Å². The van der Waals surface area contributed by atoms with Crippen LogP contribution in [-0.4, -0.2) is 24.8 Å². The van der Waals surface area contributed by atoms with Gasteiger partial charge in [-0.25, -0.2) is 0 Å². The van der Waals surface area contributed by atoms with Crippen LogP contribution in [0.25, 0.3) is 0 Å². The lowest BCUT2D eigenvalue weighted by molar-refractivity contribution is -0.0631. The molecule has 0 spiro atoms. The maximum atomic E-state index is 6.31. The van der Waals surface area contributed by atoms with Crippen molar-refractivity contribution in [3.63, 3.8) is 0 Å². The zero-order valence-corrected chi connectivity index (χ0v) is 14.0. The summed E-state index contributed by atoms with van der Waals surface area (Å²) >= 11 is 0. The smallest absolute Gasteiger partial charge is 0.0586 e. The van der Waals surface area contributed by atoms with Crippen LogP contribution in [0, 0.1) is 11.3 Å². The molecule has 1 fully saturated rings. The van der Waals surface area contributed by atoms with Gasteiger partial charge in [0, 0.05) is 6.04 Å². The number of nitrogens with one attached hydrogen (secondary N) is 1. The second-order valence-corrected chi connectivity index (χ2v) is 7.57. The molecular formula is C17H35NO. The topological polar surface area (TPSA) is 21.3 Å². The summed E-state index contributed by atoms with van der Waals surface area (Å²) in [5, 5.41) is 3.55. The van der Waals surface area contributed by atoms with Crippen LogP contribution in [0.3, 0.4) is 0 Å². The Labute approximate surface area is 120 Å². The Morgan fingerprint density at radius 2 is 1.95 bits per heavy atom. The minimum atomic E-state index is 0.366. The molecule has 0 amide bonds. The minimum Gasteiger partial charge on any atom is -0.375 e. The Balaban J connectivity index is 2.33. The monoisotopic (exact) mass is 269 g/mol. The molecule has 1 saturated carbocycles. The molecule has 0 saturated heterocycles. The number of hydrogen-bond donors (Lipinski definition) is 1. The predicted molar refractivity (Wildman–Crippen MR) is 83.5 cm³/mol. The lowest BCUT2D eigenvalue weighted by Gasteiger charge is -2.40. The van der Waals surface area contributed by atoms with Crippen LogP contribution in [-0.2, 0) is 4.74 Å². The molecule has 0 aromatic carbocycles. The van der Waals surface area contributed by atoms with E-state index in [9.17, 15) is 0 Å². The third kappa shape index (κ3) is 6.76. The van der Waals surface area contributed by atoms with Crippen LogP contribution in [0.4, 0.5) is 0 Å². The summed E-state index contributed by atoms with van der Waals surface area (Å²) in [6.45, 7) is 15.0. The molecule has 114 valence electrons. The summed E-state index contributed by atoms with van der Waals surface area (Å²) in [6, 6.07) is 0.559. The van der Waals surface area contributed by atoms with E-state index in [1.54, 1.807) is 0 Å². The van der Waals surface area contributed by atoms with Gasteiger partial charge in [0.05, 0.1) is 12.2 Å². The Bertz CT molecular complexity index is 252. The maximum Gasteiger partial charge on any atom is 0.0586 e. The van der Waals surface area contributed by atoms with Crippen molar-refractivity contribution in [2.45, 2.75) is 91.9 Å². The number of hydrogen-bond acceptors (Lipinski definition) is 2. The second kappa shape index (κ2) is 7.64. The van der Waals surface area contributed by atoms with Crippen LogP contribution < -0.4 is 5.32 Å². The Morgan fingerprint density at radius 3 is 2.53 bits per heavy atom. The zero-order chi connectivity index (χ0) is 14.5. The van der Waals surface area contributed by atoms with E-state index in [1.165, 1.54) is 25.7 Å². The molecule has 1 aliphatic rings. The van der Waals surface area contributed by atoms with Crippen molar-refractivity contribution < 1.29 is 4.74 Å². The van der Waals surface area contributed by atoms with E-state index in [-0.39, 0.29) is 0 Å². The highest BCUT2D eigenvalue weighted by Crippen LogP contribution is 2.40. The van der Waals surface area contributed by atoms with E-state index in [4.69, 9.17) is 4.74 Å². The molecule has 0 aromatic rings. The maximum absolute atomic E-state index is 6.31. The average Bonchev–Trinajstić information content (AvgIpc) is 2.22. The largest absolute Gasteiger partial charge is 0.375 e. The quantitative estimate of drug-likeness (QED) is 0.740. The summed E-state index contributed by atoms with van der Waals surface area (Å²) in [5.74, 6) is 0.802. The minimum absolute atomic E-state index is 0.366. The van der Waals surface area contributed by atoms with Gasteiger partial charge >= 0.3 is 0 Å². The van der Waals surface area contributed by atoms with E-state index in [2.05, 4.69) is 46.9 Å². The first kappa shape index (κ1) is 17.0. The van der Waals surface area contributed by atoms with Gasteiger partial charge in [0.15, 0.2) is 0 Å². The predicted octanol–water partition coefficient (Wildman–Crippen LogP) is 4.38. The Morgan fingerprint density at radius 1 is 1.26 bits per heavy atom. The lowest BCUT2D eigenvalue weighted by atomic mass is 9.71. The van der Waals surface area contributed by atoms with Crippen molar-refractivity contribution in [1.82, 2.24) is 5.32 Å². The Kier molecular flexibility index (Phi) is 6.82. The molecule has 1 N–H and O–H groups in total. The molecule has 2 heteroatoms. The van der Waals surface area contributed by atoms with Gasteiger partial charge in [0.25, 0.3) is 0 Å². The number of ether oxygens (including phenoxy) is 1. The first-order valence-electron chi connectivity index (χ1n) is 8.21. The van der Waals surface area contributed by atoms with Gasteiger partial charge in [-0.15, -0.1) is 0 Å². The van der Waals surface area contributed by atoms with Gasteiger partial charge in [0.2, 0.25) is 0 Å². The molecule has 2 nitrogen and oxygen atoms in total. The van der Waals surface area contributed by atoms with Crippen LogP contribution in [0.5, 0.6) is 0 Å². The highest BCUT2D eigenvalue weighted by atomic mass is 16.5. The molecule has 0 bridgehead atoms. The van der Waals surface area contributed by atoms with Gasteiger partial charge in [-0.2, -0.15) is 0 Å². The van der Waals surface area contributed by atoms with Crippen LogP contribution >= 0.6 is 0 Å². The highest BCUT2D eigenvalue weighted by Gasteiger charge is 2.33. The van der Waals surface area contributed by atoms with Gasteiger partial charge < -0.3 is 10.1 Å². The molecule has 0 radical (unpaired) electrons. The fraction of sp³-hybridized carbons (Fsp3) is 1.00. The zero-order valence-electron chi connectivity index (χ0n) is 14.0. The van der Waals surface area contributed by atoms with E-state index in [0.717, 1.165) is 18.9 Å². The van der Waals surface area contributed by atoms with Gasteiger partial charge in [0.1, 0.15) is 0 Å². The van der Waals surface area contributed by atoms with Crippen molar-refractivity contribution in [1.29, 1.82) is 0 Å². The summed E-state index contributed by atoms with van der Waals surface area (Å²) in [4.78, 5) is 0. The third-order valence-electron chi connectivity index (χ3n) is 4.20. The van der Waals surface area contributed by atoms with E-state index in [0.29, 0.717) is 23.7 Å². The van der Waals surface area contributed by atoms with Gasteiger partial charge in [-0.1, -0.05) is 27.7 Å². The summed E-state index contributed by atoms with van der Waals surface area (Å²) in [6.07, 6.45) is 6.95. The first-order chi connectivity index (χ1) is 8.82. The fourth-order valence-corrected chi connectivity index (χ4v) is 3.72. The lowest BCUT2D eigenvalue weighted by Crippen LogP contribution is -2.36. The van der Waals surface area contributed by atoms with Crippen molar-refractivity contribution in [2.75, 3.05) is 6.54 Å². The van der Waals surface area contributed by atoms with E-state index in [1.807, 2.05) is 0 Å². The SMILES string of the molecule is CCCNC(C)CC(C)OC1CC(C)CC(C)(C)C1. The third-order valence-corrected chi connectivity index (χ3v) is 4.20. The summed E-state index contributed by atoms with van der Waals surface area (Å²) in [5.41, 5.74) is 0.453. The highest BCUT2D eigenvalue weighted by molar-refractivity contribution is 4.84. The fourth-order valence-electron chi connectivity index (χ4n) is 3.72. The summed E-state index contributed by atoms with van der Waals surface area (Å²) < 4.78 is 6.31. The molecule has 0 aliphatic heterocycles. The van der Waals surface area contributed by atoms with Crippen molar-refractivity contribution in [3.05, 3.63) is 0 Å². The standard InChI is InChI=1S/C17H35NO/c1-7-8-18-14(3)10-15(4)19-16-9-13(2)11-17(5,6)12-16/h13-16,18H,7-12H2,1-6H3. The van der Waals surface area contributed by atoms with Crippen LogP contribution in [0.2, 0.25) is 0 Å². The molecule has 19 heavy (non-hydrogen) atoms. The summed E-state index contributed by atoms with van der Waals surface area (Å²) in [7, 11) is 0. The second-order valence-electron chi connectivity index (χ2n) is 7.57. The molecule has 0 heterocycles. The average molecular weight is 269 g/mol. The normalized spacial score (nSPS) is 30.0. The van der Waals surface area contributed by atoms with E-state index < -0.39 is 0 Å². The Hall–Kier alpha value is -0.0800. The first-order valence-corrected chi connectivity index (χ1v) is 8.21. The molecule has 1 rings (SSSR count). The van der Waals surface area contributed by atoms with Crippen molar-refractivity contribution in [2.24, 2.45) is 11.3 Å². The van der Waals surface area contributed by atoms with E-state index >= 15 is 0 Å². The van der Waals surface area contributed by atoms with Gasteiger partial charge in [-0.05, 0) is 63.8 Å². The molecule has 4 unspecified atom stereocenters. The van der Waals surface area contributed by atoms with Gasteiger partial charge in [-0.3, -0.25) is 0 Å². The number of rotatable bonds is 7. The molecule has 0 aromatic heterocycles. The van der Waals surface area contributed by atoms with Crippen LogP contribution in [0.15, 0.2) is 0 Å².